The standard InChI is InChI=1S/C36H35F3N8O3/c1-22(40)50-33(41)25-4-2-23(3-5-25)24-9-14-46(15-10-24)31(48)20-45-16-11-35(21-45)12-17-47(34(35)49)27-6-7-29-28(19-27)32(44-43-29)26-8-13-42-30(18-26)36(37,38)39/h2-9,13,18-19,40-41H,10-12,14-17,20-21H2,1H3,(H,43,44)/t35-/m0/s1. The summed E-state index contributed by atoms with van der Waals surface area (Å²) in [6.07, 6.45) is 0.568. The van der Waals surface area contributed by atoms with Gasteiger partial charge in [0.25, 0.3) is 0 Å². The third kappa shape index (κ3) is 6.38. The molecule has 0 bridgehead atoms. The largest absolute Gasteiger partial charge is 0.433 e. The van der Waals surface area contributed by atoms with Gasteiger partial charge in [0.15, 0.2) is 5.90 Å². The van der Waals surface area contributed by atoms with E-state index in [1.807, 2.05) is 23.1 Å². The van der Waals surface area contributed by atoms with Gasteiger partial charge in [0.2, 0.25) is 17.7 Å². The van der Waals surface area contributed by atoms with Crippen LogP contribution in [0.5, 0.6) is 0 Å². The fourth-order valence-electron chi connectivity index (χ4n) is 7.16. The summed E-state index contributed by atoms with van der Waals surface area (Å²) in [5, 5.41) is 23.1. The molecule has 11 nitrogen and oxygen atoms in total. The lowest BCUT2D eigenvalue weighted by Crippen LogP contribution is -2.43. The lowest BCUT2D eigenvalue weighted by Gasteiger charge is -2.29. The lowest BCUT2D eigenvalue weighted by atomic mass is 9.85. The maximum absolute atomic E-state index is 13.9. The zero-order valence-electron chi connectivity index (χ0n) is 27.3. The SMILES string of the molecule is CC(=N)OC(=N)c1ccc(C2=CCN(C(=O)CN3CC[C@]4(CCN(c5ccc6[nH]nc(-c7ccnc(C(F)(F)F)c7)c6c5)C4=O)C3)CC2)cc1. The summed E-state index contributed by atoms with van der Waals surface area (Å²) < 4.78 is 45.0. The first-order chi connectivity index (χ1) is 23.9. The van der Waals surface area contributed by atoms with Crippen LogP contribution in [0.3, 0.4) is 0 Å². The Morgan fingerprint density at radius 2 is 1.80 bits per heavy atom. The molecule has 14 heteroatoms. The van der Waals surface area contributed by atoms with Crippen molar-refractivity contribution in [2.24, 2.45) is 5.41 Å². The number of aromatic amines is 1. The molecular weight excluding hydrogens is 649 g/mol. The maximum Gasteiger partial charge on any atom is 0.433 e. The molecule has 1 spiro atoms. The van der Waals surface area contributed by atoms with Crippen LogP contribution in [0.2, 0.25) is 0 Å². The van der Waals surface area contributed by atoms with Crippen LogP contribution in [0.25, 0.3) is 27.7 Å². The highest BCUT2D eigenvalue weighted by Gasteiger charge is 2.51. The number of pyridine rings is 1. The minimum atomic E-state index is -4.59. The Morgan fingerprint density at radius 3 is 2.52 bits per heavy atom. The molecule has 3 aliphatic rings. The van der Waals surface area contributed by atoms with Gasteiger partial charge in [-0.05, 0) is 79.4 Å². The van der Waals surface area contributed by atoms with Gasteiger partial charge in [-0.2, -0.15) is 18.3 Å². The molecule has 1 atom stereocenters. The van der Waals surface area contributed by atoms with Gasteiger partial charge in [-0.25, -0.2) is 0 Å². The van der Waals surface area contributed by atoms with Crippen molar-refractivity contribution in [2.75, 3.05) is 44.2 Å². The van der Waals surface area contributed by atoms with Gasteiger partial charge >= 0.3 is 6.18 Å². The van der Waals surface area contributed by atoms with E-state index in [0.717, 1.165) is 23.4 Å². The van der Waals surface area contributed by atoms with E-state index in [2.05, 4.69) is 26.2 Å². The highest BCUT2D eigenvalue weighted by atomic mass is 19.4. The third-order valence-electron chi connectivity index (χ3n) is 9.82. The van der Waals surface area contributed by atoms with Crippen molar-refractivity contribution in [3.05, 3.63) is 83.7 Å². The van der Waals surface area contributed by atoms with E-state index in [1.54, 1.807) is 29.2 Å². The van der Waals surface area contributed by atoms with E-state index < -0.39 is 17.3 Å². The van der Waals surface area contributed by atoms with Crippen molar-refractivity contribution in [3.63, 3.8) is 0 Å². The number of aromatic nitrogens is 3. The van der Waals surface area contributed by atoms with Gasteiger partial charge < -0.3 is 14.5 Å². The first-order valence-corrected chi connectivity index (χ1v) is 16.4. The molecule has 2 aromatic carbocycles. The number of halogens is 3. The molecule has 0 aliphatic carbocycles. The second kappa shape index (κ2) is 12.8. The number of anilines is 1. The van der Waals surface area contributed by atoms with Crippen LogP contribution in [0, 0.1) is 16.2 Å². The maximum atomic E-state index is 13.9. The molecule has 2 aromatic heterocycles. The van der Waals surface area contributed by atoms with E-state index in [4.69, 9.17) is 15.6 Å². The molecule has 0 unspecified atom stereocenters. The molecule has 4 aromatic rings. The molecule has 50 heavy (non-hydrogen) atoms. The van der Waals surface area contributed by atoms with Crippen molar-refractivity contribution < 1.29 is 27.5 Å². The summed E-state index contributed by atoms with van der Waals surface area (Å²) in [7, 11) is 0. The number of carbonyl (C=O) groups is 2. The van der Waals surface area contributed by atoms with Gasteiger partial charge in [-0.3, -0.25) is 35.4 Å². The summed E-state index contributed by atoms with van der Waals surface area (Å²) in [5.41, 5.74) is 3.04. The lowest BCUT2D eigenvalue weighted by molar-refractivity contribution is -0.141. The number of amides is 2. The monoisotopic (exact) mass is 684 g/mol. The minimum Gasteiger partial charge on any atom is -0.426 e. The number of alkyl halides is 3. The Bertz CT molecular complexity index is 2040. The number of nitrogens with zero attached hydrogens (tertiary/aromatic N) is 5. The van der Waals surface area contributed by atoms with Crippen molar-refractivity contribution >= 4 is 45.8 Å². The average molecular weight is 685 g/mol. The number of H-pyrrole nitrogens is 1. The zero-order chi connectivity index (χ0) is 35.2. The van der Waals surface area contributed by atoms with E-state index in [9.17, 15) is 22.8 Å². The Morgan fingerprint density at radius 1 is 1.02 bits per heavy atom. The number of fused-ring (bicyclic) bond motifs is 1. The molecule has 2 amide bonds. The highest BCUT2D eigenvalue weighted by molar-refractivity contribution is 6.03. The van der Waals surface area contributed by atoms with Crippen molar-refractivity contribution in [2.45, 2.75) is 32.4 Å². The molecular formula is C36H35F3N8O3. The Labute approximate surface area is 285 Å². The molecule has 0 saturated carbocycles. The van der Waals surface area contributed by atoms with Crippen molar-refractivity contribution in [1.82, 2.24) is 25.0 Å². The highest BCUT2D eigenvalue weighted by Crippen LogP contribution is 2.43. The van der Waals surface area contributed by atoms with Gasteiger partial charge in [0.1, 0.15) is 11.4 Å². The quantitative estimate of drug-likeness (QED) is 0.175. The summed E-state index contributed by atoms with van der Waals surface area (Å²) >= 11 is 0. The topological polar surface area (TPSA) is 142 Å². The predicted octanol–water partition coefficient (Wildman–Crippen LogP) is 5.73. The Kier molecular flexibility index (Phi) is 8.50. The van der Waals surface area contributed by atoms with E-state index in [1.165, 1.54) is 13.0 Å². The number of benzene rings is 2. The summed E-state index contributed by atoms with van der Waals surface area (Å²) in [6.45, 7) is 4.41. The number of rotatable bonds is 6. The summed E-state index contributed by atoms with van der Waals surface area (Å²) in [4.78, 5) is 36.4. The van der Waals surface area contributed by atoms with Gasteiger partial charge in [-0.1, -0.05) is 18.2 Å². The van der Waals surface area contributed by atoms with Crippen molar-refractivity contribution in [1.29, 1.82) is 10.8 Å². The number of nitrogens with one attached hydrogen (secondary N) is 3. The first-order valence-electron chi connectivity index (χ1n) is 16.4. The normalized spacial score (nSPS) is 19.8. The van der Waals surface area contributed by atoms with Crippen LogP contribution in [0.1, 0.15) is 43.0 Å². The molecule has 2 fully saturated rings. The summed E-state index contributed by atoms with van der Waals surface area (Å²) in [5.74, 6) is -0.108. The average Bonchev–Trinajstić information content (AvgIpc) is 3.81. The minimum absolute atomic E-state index is 0.00802. The Hall–Kier alpha value is -5.37. The molecule has 7 rings (SSSR count). The van der Waals surface area contributed by atoms with Gasteiger partial charge in [0, 0.05) is 61.5 Å². The molecule has 5 heterocycles. The Balaban J connectivity index is 0.977. The molecule has 3 N–H and O–H groups in total. The van der Waals surface area contributed by atoms with Crippen LogP contribution in [0.15, 0.2) is 66.9 Å². The molecule has 3 aliphatic heterocycles. The zero-order valence-corrected chi connectivity index (χ0v) is 27.3. The fraction of sp³-hybridized carbons (Fsp3) is 0.333. The second-order valence-electron chi connectivity index (χ2n) is 13.1. The summed E-state index contributed by atoms with van der Waals surface area (Å²) in [6, 6.07) is 15.3. The second-order valence-corrected chi connectivity index (χ2v) is 13.1. The first kappa shape index (κ1) is 33.1. The predicted molar refractivity (Wildman–Crippen MR) is 182 cm³/mol. The number of hydrogen-bond acceptors (Lipinski definition) is 8. The smallest absolute Gasteiger partial charge is 0.426 e. The number of ether oxygens (including phenoxy) is 1. The van der Waals surface area contributed by atoms with Crippen LogP contribution in [-0.4, -0.2) is 87.9 Å². The molecule has 0 radical (unpaired) electrons. The van der Waals surface area contributed by atoms with Crippen molar-refractivity contribution in [3.8, 4) is 11.3 Å². The van der Waals surface area contributed by atoms with Gasteiger partial charge in [0.05, 0.1) is 17.5 Å². The van der Waals surface area contributed by atoms with Crippen LogP contribution in [-0.2, 0) is 20.5 Å². The number of likely N-dealkylation sites (tertiary alicyclic amines) is 1. The van der Waals surface area contributed by atoms with E-state index in [0.29, 0.717) is 79.8 Å². The third-order valence-corrected chi connectivity index (χ3v) is 9.82. The molecule has 2 saturated heterocycles. The number of hydrogen-bond donors (Lipinski definition) is 3. The van der Waals surface area contributed by atoms with E-state index >= 15 is 0 Å². The molecule has 258 valence electrons. The van der Waals surface area contributed by atoms with Gasteiger partial charge in [-0.15, -0.1) is 0 Å². The fourth-order valence-corrected chi connectivity index (χ4v) is 7.16. The van der Waals surface area contributed by atoms with E-state index in [-0.39, 0.29) is 35.7 Å². The number of carbonyl (C=O) groups excluding carboxylic acids is 2. The van der Waals surface area contributed by atoms with Crippen LogP contribution in [0.4, 0.5) is 18.9 Å². The van der Waals surface area contributed by atoms with Crippen LogP contribution < -0.4 is 4.90 Å². The van der Waals surface area contributed by atoms with Crippen LogP contribution >= 0.6 is 0 Å².